The number of nitro groups is 1. The summed E-state index contributed by atoms with van der Waals surface area (Å²) in [5.41, 5.74) is 1.68. The maximum atomic E-state index is 10.9. The first-order valence-electron chi connectivity index (χ1n) is 6.38. The van der Waals surface area contributed by atoms with Gasteiger partial charge in [0.25, 0.3) is 5.69 Å². The van der Waals surface area contributed by atoms with E-state index in [0.29, 0.717) is 17.1 Å². The summed E-state index contributed by atoms with van der Waals surface area (Å²) in [6.45, 7) is 2.44. The third-order valence-corrected chi connectivity index (χ3v) is 3.67. The zero-order chi connectivity index (χ0) is 15.4. The van der Waals surface area contributed by atoms with Gasteiger partial charge in [-0.25, -0.2) is 0 Å². The fraction of sp³-hybridized carbons (Fsp3) is 0.200. The second kappa shape index (κ2) is 6.69. The number of nitrogens with one attached hydrogen (secondary N) is 1. The van der Waals surface area contributed by atoms with Gasteiger partial charge in [0.1, 0.15) is 11.5 Å². The van der Waals surface area contributed by atoms with Gasteiger partial charge in [0, 0.05) is 12.6 Å². The lowest BCUT2D eigenvalue weighted by atomic mass is 10.2. The van der Waals surface area contributed by atoms with Crippen molar-refractivity contribution in [3.63, 3.8) is 0 Å². The predicted octanol–water partition coefficient (Wildman–Crippen LogP) is 4.18. The zero-order valence-corrected chi connectivity index (χ0v) is 13.3. The van der Waals surface area contributed by atoms with E-state index in [1.165, 1.54) is 6.07 Å². The number of hydrogen-bond donors (Lipinski definition) is 1. The van der Waals surface area contributed by atoms with Crippen molar-refractivity contribution < 1.29 is 9.66 Å². The summed E-state index contributed by atoms with van der Waals surface area (Å²) < 4.78 is 6.60. The SMILES string of the molecule is CNCc1ccc(Oc2cccc([N+](=O)[O-])c2C)c(Br)c1. The molecule has 2 rings (SSSR count). The Bertz CT molecular complexity index is 674. The molecular weight excluding hydrogens is 336 g/mol. The molecule has 6 heteroatoms. The molecule has 110 valence electrons. The molecule has 0 atom stereocenters. The summed E-state index contributed by atoms with van der Waals surface area (Å²) in [5.74, 6) is 1.10. The predicted molar refractivity (Wildman–Crippen MR) is 84.8 cm³/mol. The van der Waals surface area contributed by atoms with Crippen LogP contribution < -0.4 is 10.1 Å². The molecule has 0 fully saturated rings. The van der Waals surface area contributed by atoms with Crippen molar-refractivity contribution in [2.45, 2.75) is 13.5 Å². The summed E-state index contributed by atoms with van der Waals surface area (Å²) in [6, 6.07) is 10.5. The molecule has 1 N–H and O–H groups in total. The first-order chi connectivity index (χ1) is 10.0. The van der Waals surface area contributed by atoms with Crippen molar-refractivity contribution in [1.82, 2.24) is 5.32 Å². The zero-order valence-electron chi connectivity index (χ0n) is 11.7. The highest BCUT2D eigenvalue weighted by Gasteiger charge is 2.15. The molecule has 0 heterocycles. The van der Waals surface area contributed by atoms with Crippen LogP contribution in [0.25, 0.3) is 0 Å². The highest BCUT2D eigenvalue weighted by Crippen LogP contribution is 2.34. The number of ether oxygens (including phenoxy) is 1. The number of halogens is 1. The second-order valence-electron chi connectivity index (χ2n) is 4.55. The van der Waals surface area contributed by atoms with E-state index in [1.54, 1.807) is 19.1 Å². The first kappa shape index (κ1) is 15.5. The normalized spacial score (nSPS) is 10.4. The largest absolute Gasteiger partial charge is 0.456 e. The van der Waals surface area contributed by atoms with Crippen molar-refractivity contribution in [2.24, 2.45) is 0 Å². The Morgan fingerprint density at radius 3 is 2.67 bits per heavy atom. The van der Waals surface area contributed by atoms with Crippen LogP contribution in [-0.2, 0) is 6.54 Å². The molecular formula is C15H15BrN2O3. The van der Waals surface area contributed by atoms with Gasteiger partial charge in [-0.3, -0.25) is 10.1 Å². The molecule has 0 spiro atoms. The molecule has 0 radical (unpaired) electrons. The lowest BCUT2D eigenvalue weighted by Gasteiger charge is -2.11. The van der Waals surface area contributed by atoms with Crippen molar-refractivity contribution in [2.75, 3.05) is 7.05 Å². The van der Waals surface area contributed by atoms with Gasteiger partial charge in [-0.1, -0.05) is 12.1 Å². The van der Waals surface area contributed by atoms with E-state index in [4.69, 9.17) is 4.74 Å². The smallest absolute Gasteiger partial charge is 0.276 e. The highest BCUT2D eigenvalue weighted by atomic mass is 79.9. The minimum Gasteiger partial charge on any atom is -0.456 e. The third-order valence-electron chi connectivity index (χ3n) is 3.05. The Kier molecular flexibility index (Phi) is 4.93. The number of benzene rings is 2. The van der Waals surface area contributed by atoms with E-state index in [9.17, 15) is 10.1 Å². The Morgan fingerprint density at radius 1 is 1.29 bits per heavy atom. The van der Waals surface area contributed by atoms with Gasteiger partial charge >= 0.3 is 0 Å². The van der Waals surface area contributed by atoms with Crippen molar-refractivity contribution >= 4 is 21.6 Å². The number of rotatable bonds is 5. The molecule has 21 heavy (non-hydrogen) atoms. The molecule has 5 nitrogen and oxygen atoms in total. The van der Waals surface area contributed by atoms with E-state index < -0.39 is 4.92 Å². The molecule has 2 aromatic carbocycles. The average Bonchev–Trinajstić information content (AvgIpc) is 2.44. The number of nitrogens with zero attached hydrogens (tertiary/aromatic N) is 1. The van der Waals surface area contributed by atoms with Crippen LogP contribution in [0.2, 0.25) is 0 Å². The molecule has 0 aliphatic rings. The maximum absolute atomic E-state index is 10.9. The molecule has 0 aromatic heterocycles. The first-order valence-corrected chi connectivity index (χ1v) is 7.17. The summed E-state index contributed by atoms with van der Waals surface area (Å²) in [7, 11) is 1.88. The number of nitro benzene ring substituents is 1. The monoisotopic (exact) mass is 350 g/mol. The molecule has 0 aliphatic carbocycles. The maximum Gasteiger partial charge on any atom is 0.276 e. The minimum atomic E-state index is -0.409. The highest BCUT2D eigenvalue weighted by molar-refractivity contribution is 9.10. The second-order valence-corrected chi connectivity index (χ2v) is 5.41. The van der Waals surface area contributed by atoms with Crippen LogP contribution in [0.15, 0.2) is 40.9 Å². The summed E-state index contributed by atoms with van der Waals surface area (Å²) in [4.78, 5) is 10.5. The molecule has 0 amide bonds. The fourth-order valence-electron chi connectivity index (χ4n) is 1.97. The third kappa shape index (κ3) is 3.59. The Labute approximate surface area is 131 Å². The van der Waals surface area contributed by atoms with Gasteiger partial charge < -0.3 is 10.1 Å². The van der Waals surface area contributed by atoms with Crippen molar-refractivity contribution in [1.29, 1.82) is 0 Å². The van der Waals surface area contributed by atoms with Crippen LogP contribution in [0.5, 0.6) is 11.5 Å². The fourth-order valence-corrected chi connectivity index (χ4v) is 2.48. The quantitative estimate of drug-likeness (QED) is 0.648. The van der Waals surface area contributed by atoms with Gasteiger partial charge in [-0.05, 0) is 53.7 Å². The van der Waals surface area contributed by atoms with Crippen molar-refractivity contribution in [3.05, 3.63) is 62.1 Å². The molecule has 0 saturated heterocycles. The van der Waals surface area contributed by atoms with E-state index in [1.807, 2.05) is 25.2 Å². The Hall–Kier alpha value is -1.92. The van der Waals surface area contributed by atoms with E-state index in [0.717, 1.165) is 16.6 Å². The molecule has 0 saturated carbocycles. The standard InChI is InChI=1S/C15H15BrN2O3/c1-10-13(18(19)20)4-3-5-14(10)21-15-7-6-11(9-17-2)8-12(15)16/h3-8,17H,9H2,1-2H3. The Morgan fingerprint density at radius 2 is 2.05 bits per heavy atom. The van der Waals surface area contributed by atoms with E-state index in [-0.39, 0.29) is 5.69 Å². The molecule has 2 aromatic rings. The summed E-state index contributed by atoms with van der Waals surface area (Å²) >= 11 is 3.46. The summed E-state index contributed by atoms with van der Waals surface area (Å²) in [6.07, 6.45) is 0. The lowest BCUT2D eigenvalue weighted by molar-refractivity contribution is -0.385. The number of hydrogen-bond acceptors (Lipinski definition) is 4. The van der Waals surface area contributed by atoms with Crippen molar-refractivity contribution in [3.8, 4) is 11.5 Å². The van der Waals surface area contributed by atoms with Crippen LogP contribution >= 0.6 is 15.9 Å². The average molecular weight is 351 g/mol. The van der Waals surface area contributed by atoms with Crippen LogP contribution in [0.1, 0.15) is 11.1 Å². The van der Waals surface area contributed by atoms with Gasteiger partial charge in [0.2, 0.25) is 0 Å². The van der Waals surface area contributed by atoms with Gasteiger partial charge in [-0.15, -0.1) is 0 Å². The molecule has 0 unspecified atom stereocenters. The lowest BCUT2D eigenvalue weighted by Crippen LogP contribution is -2.04. The minimum absolute atomic E-state index is 0.0513. The van der Waals surface area contributed by atoms with E-state index >= 15 is 0 Å². The summed E-state index contributed by atoms with van der Waals surface area (Å²) in [5, 5.41) is 14.0. The van der Waals surface area contributed by atoms with Gasteiger partial charge in [0.05, 0.1) is 15.0 Å². The van der Waals surface area contributed by atoms with Crippen LogP contribution in [0, 0.1) is 17.0 Å². The van der Waals surface area contributed by atoms with Gasteiger partial charge in [-0.2, -0.15) is 0 Å². The van der Waals surface area contributed by atoms with Crippen LogP contribution in [0.4, 0.5) is 5.69 Å². The van der Waals surface area contributed by atoms with E-state index in [2.05, 4.69) is 21.2 Å². The molecule has 0 aliphatic heterocycles. The topological polar surface area (TPSA) is 64.4 Å². The Balaban J connectivity index is 2.30. The van der Waals surface area contributed by atoms with Gasteiger partial charge in [0.15, 0.2) is 0 Å². The van der Waals surface area contributed by atoms with Crippen LogP contribution in [0.3, 0.4) is 0 Å². The molecule has 0 bridgehead atoms. The van der Waals surface area contributed by atoms with Crippen LogP contribution in [-0.4, -0.2) is 12.0 Å².